The van der Waals surface area contributed by atoms with Gasteiger partial charge in [-0.25, -0.2) is 9.59 Å². The van der Waals surface area contributed by atoms with Gasteiger partial charge in [0.2, 0.25) is 6.10 Å². The second kappa shape index (κ2) is 4.64. The number of carbonyl (C=O) groups excluding carboxylic acids is 2. The van der Waals surface area contributed by atoms with Crippen LogP contribution in [0.25, 0.3) is 0 Å². The number of ether oxygens (including phenoxy) is 3. The average Bonchev–Trinajstić information content (AvgIpc) is 2.52. The molecular formula is C7H9FO5. The van der Waals surface area contributed by atoms with Crippen LogP contribution in [0.5, 0.6) is 0 Å². The predicted octanol–water partition coefficient (Wildman–Crippen LogP) is 0.425. The van der Waals surface area contributed by atoms with Crippen molar-refractivity contribution in [2.24, 2.45) is 0 Å². The van der Waals surface area contributed by atoms with E-state index in [0.717, 1.165) is 0 Å². The van der Waals surface area contributed by atoms with E-state index in [0.29, 0.717) is 0 Å². The van der Waals surface area contributed by atoms with Crippen molar-refractivity contribution in [3.8, 4) is 0 Å². The number of hydrogen-bond acceptors (Lipinski definition) is 5. The summed E-state index contributed by atoms with van der Waals surface area (Å²) < 4.78 is 24.9. The Bertz CT molecular complexity index is 205. The summed E-state index contributed by atoms with van der Waals surface area (Å²) >= 11 is 0. The third-order valence-electron chi connectivity index (χ3n) is 1.38. The van der Waals surface area contributed by atoms with E-state index in [1.807, 2.05) is 0 Å². The number of cyclic esters (lactones) is 2. The van der Waals surface area contributed by atoms with E-state index in [9.17, 15) is 14.0 Å². The van der Waals surface area contributed by atoms with E-state index in [2.05, 4.69) is 14.2 Å². The Balaban J connectivity index is 2.20. The van der Waals surface area contributed by atoms with E-state index in [-0.39, 0.29) is 19.6 Å². The molecule has 1 fully saturated rings. The Hall–Kier alpha value is -1.33. The number of hydrogen-bond donors (Lipinski definition) is 0. The molecule has 0 radical (unpaired) electrons. The van der Waals surface area contributed by atoms with Crippen molar-refractivity contribution in [2.45, 2.75) is 12.5 Å². The Kier molecular flexibility index (Phi) is 3.48. The molecule has 1 aliphatic heterocycles. The summed E-state index contributed by atoms with van der Waals surface area (Å²) in [7, 11) is 0. The summed E-state index contributed by atoms with van der Waals surface area (Å²) in [5.41, 5.74) is 0. The minimum absolute atomic E-state index is 0.0105. The monoisotopic (exact) mass is 192 g/mol. The van der Waals surface area contributed by atoms with Gasteiger partial charge in [0.25, 0.3) is 0 Å². The van der Waals surface area contributed by atoms with Crippen LogP contribution >= 0.6 is 0 Å². The maximum atomic E-state index is 11.6. The van der Waals surface area contributed by atoms with Crippen LogP contribution in [0, 0.1) is 0 Å². The summed E-state index contributed by atoms with van der Waals surface area (Å²) in [6.07, 6.45) is -1.73. The Morgan fingerprint density at radius 3 is 3.00 bits per heavy atom. The third kappa shape index (κ3) is 2.89. The average molecular weight is 192 g/mol. The van der Waals surface area contributed by atoms with E-state index >= 15 is 0 Å². The van der Waals surface area contributed by atoms with Crippen LogP contribution in [-0.4, -0.2) is 38.1 Å². The lowest BCUT2D eigenvalue weighted by Crippen LogP contribution is -2.25. The third-order valence-corrected chi connectivity index (χ3v) is 1.38. The fraction of sp³-hybridized carbons (Fsp3) is 0.714. The quantitative estimate of drug-likeness (QED) is 0.477. The van der Waals surface area contributed by atoms with Gasteiger partial charge >= 0.3 is 12.1 Å². The summed E-state index contributed by atoms with van der Waals surface area (Å²) in [6, 6.07) is 0. The normalized spacial score (nSPS) is 20.7. The molecule has 0 aromatic rings. The minimum Gasteiger partial charge on any atom is -0.463 e. The van der Waals surface area contributed by atoms with Crippen molar-refractivity contribution in [1.82, 2.24) is 0 Å². The zero-order valence-electron chi connectivity index (χ0n) is 6.82. The lowest BCUT2D eigenvalue weighted by molar-refractivity contribution is -0.151. The number of alkyl halides is 1. The number of esters is 1. The summed E-state index contributed by atoms with van der Waals surface area (Å²) in [5, 5.41) is 0. The highest BCUT2D eigenvalue weighted by molar-refractivity contribution is 5.79. The van der Waals surface area contributed by atoms with Crippen LogP contribution < -0.4 is 0 Å². The van der Waals surface area contributed by atoms with Crippen LogP contribution in [0.15, 0.2) is 0 Å². The molecule has 0 aliphatic carbocycles. The lowest BCUT2D eigenvalue weighted by Gasteiger charge is -2.05. The zero-order chi connectivity index (χ0) is 9.68. The van der Waals surface area contributed by atoms with Crippen LogP contribution in [0.3, 0.4) is 0 Å². The molecule has 1 atom stereocenters. The summed E-state index contributed by atoms with van der Waals surface area (Å²) in [6.45, 7) is -0.690. The highest BCUT2D eigenvalue weighted by Crippen LogP contribution is 2.07. The van der Waals surface area contributed by atoms with Gasteiger partial charge < -0.3 is 14.2 Å². The van der Waals surface area contributed by atoms with Crippen molar-refractivity contribution in [3.05, 3.63) is 0 Å². The second-order valence-electron chi connectivity index (χ2n) is 2.38. The maximum absolute atomic E-state index is 11.6. The Morgan fingerprint density at radius 1 is 1.69 bits per heavy atom. The first kappa shape index (κ1) is 9.76. The molecule has 0 aromatic carbocycles. The largest absolute Gasteiger partial charge is 0.509 e. The predicted molar refractivity (Wildman–Crippen MR) is 37.8 cm³/mol. The summed E-state index contributed by atoms with van der Waals surface area (Å²) in [5.74, 6) is -0.695. The molecule has 1 heterocycles. The van der Waals surface area contributed by atoms with E-state index in [1.54, 1.807) is 0 Å². The van der Waals surface area contributed by atoms with Crippen LogP contribution in [-0.2, 0) is 19.0 Å². The van der Waals surface area contributed by atoms with Gasteiger partial charge in [0.15, 0.2) is 0 Å². The topological polar surface area (TPSA) is 61.8 Å². The van der Waals surface area contributed by atoms with Gasteiger partial charge in [0.05, 0.1) is 13.3 Å². The first-order chi connectivity index (χ1) is 6.24. The lowest BCUT2D eigenvalue weighted by atomic mass is 10.4. The van der Waals surface area contributed by atoms with Crippen molar-refractivity contribution in [3.63, 3.8) is 0 Å². The van der Waals surface area contributed by atoms with Crippen LogP contribution in [0.4, 0.5) is 9.18 Å². The molecule has 0 amide bonds. The minimum atomic E-state index is -0.993. The molecule has 0 N–H and O–H groups in total. The van der Waals surface area contributed by atoms with Crippen LogP contribution in [0.1, 0.15) is 6.42 Å². The highest BCUT2D eigenvalue weighted by atomic mass is 19.1. The van der Waals surface area contributed by atoms with E-state index in [4.69, 9.17) is 0 Å². The van der Waals surface area contributed by atoms with Gasteiger partial charge in [0, 0.05) is 6.42 Å². The molecule has 0 spiro atoms. The van der Waals surface area contributed by atoms with Crippen molar-refractivity contribution >= 4 is 12.1 Å². The fourth-order valence-electron chi connectivity index (χ4n) is 0.764. The second-order valence-corrected chi connectivity index (χ2v) is 2.38. The number of rotatable bonds is 4. The molecule has 0 bridgehead atoms. The van der Waals surface area contributed by atoms with Crippen molar-refractivity contribution in [2.75, 3.05) is 19.9 Å². The number of carbonyl (C=O) groups is 2. The molecule has 1 rings (SSSR count). The molecule has 5 nitrogen and oxygen atoms in total. The molecule has 1 unspecified atom stereocenters. The highest BCUT2D eigenvalue weighted by Gasteiger charge is 2.32. The fourth-order valence-corrected chi connectivity index (χ4v) is 0.764. The van der Waals surface area contributed by atoms with Gasteiger partial charge in [0.1, 0.15) is 6.61 Å². The van der Waals surface area contributed by atoms with Gasteiger partial charge in [-0.15, -0.1) is 0 Å². The maximum Gasteiger partial charge on any atom is 0.509 e. The molecule has 74 valence electrons. The number of halogens is 1. The van der Waals surface area contributed by atoms with Gasteiger partial charge in [-0.3, -0.25) is 4.39 Å². The smallest absolute Gasteiger partial charge is 0.463 e. The molecular weight excluding hydrogens is 183 g/mol. The van der Waals surface area contributed by atoms with Crippen molar-refractivity contribution in [1.29, 1.82) is 0 Å². The van der Waals surface area contributed by atoms with Crippen LogP contribution in [0.2, 0.25) is 0 Å². The first-order valence-electron chi connectivity index (χ1n) is 3.80. The van der Waals surface area contributed by atoms with E-state index < -0.39 is 24.9 Å². The molecule has 0 aromatic heterocycles. The first-order valence-corrected chi connectivity index (χ1v) is 3.80. The molecule has 1 aliphatic rings. The van der Waals surface area contributed by atoms with Gasteiger partial charge in [-0.05, 0) is 0 Å². The summed E-state index contributed by atoms with van der Waals surface area (Å²) in [4.78, 5) is 21.3. The Labute approximate surface area is 73.8 Å². The SMILES string of the molecule is O=C1OCC(C(=O)OCCCF)O1. The van der Waals surface area contributed by atoms with Gasteiger partial charge in [-0.1, -0.05) is 0 Å². The zero-order valence-corrected chi connectivity index (χ0v) is 6.82. The molecule has 1 saturated heterocycles. The Morgan fingerprint density at radius 2 is 2.46 bits per heavy atom. The van der Waals surface area contributed by atoms with E-state index in [1.165, 1.54) is 0 Å². The van der Waals surface area contributed by atoms with Gasteiger partial charge in [-0.2, -0.15) is 0 Å². The molecule has 0 saturated carbocycles. The molecule has 13 heavy (non-hydrogen) atoms. The standard InChI is InChI=1S/C7H9FO5/c8-2-1-3-11-6(9)5-4-12-7(10)13-5/h5H,1-4H2. The van der Waals surface area contributed by atoms with Crippen molar-refractivity contribution < 1.29 is 28.2 Å². The molecule has 6 heteroatoms.